The number of hydrogen-bond acceptors (Lipinski definition) is 4. The van der Waals surface area contributed by atoms with Crippen LogP contribution in [0.2, 0.25) is 0 Å². The summed E-state index contributed by atoms with van der Waals surface area (Å²) in [5.41, 5.74) is 1.26. The van der Waals surface area contributed by atoms with Crippen molar-refractivity contribution in [3.63, 3.8) is 0 Å². The van der Waals surface area contributed by atoms with Gasteiger partial charge < -0.3 is 15.1 Å². The highest BCUT2D eigenvalue weighted by molar-refractivity contribution is 7.88. The van der Waals surface area contributed by atoms with E-state index in [1.807, 2.05) is 13.0 Å². The van der Waals surface area contributed by atoms with Crippen LogP contribution in [-0.2, 0) is 10.0 Å². The van der Waals surface area contributed by atoms with Crippen LogP contribution in [0.1, 0.15) is 13.3 Å². The molecule has 2 rings (SSSR count). The Morgan fingerprint density at radius 3 is 2.38 bits per heavy atom. The van der Waals surface area contributed by atoms with Crippen molar-refractivity contribution >= 4 is 21.7 Å². The number of benzene rings is 1. The summed E-state index contributed by atoms with van der Waals surface area (Å²) >= 11 is 0. The molecule has 146 valence electrons. The Morgan fingerprint density at radius 1 is 1.19 bits per heavy atom. The summed E-state index contributed by atoms with van der Waals surface area (Å²) in [5, 5.41) is 3.36. The number of anilines is 1. The van der Waals surface area contributed by atoms with Crippen molar-refractivity contribution in [2.24, 2.45) is 4.99 Å². The fourth-order valence-electron chi connectivity index (χ4n) is 3.16. The first-order valence-electron chi connectivity index (χ1n) is 9.16. The lowest BCUT2D eigenvalue weighted by Crippen LogP contribution is -2.52. The molecule has 0 radical (unpaired) electrons. The van der Waals surface area contributed by atoms with E-state index in [0.29, 0.717) is 19.6 Å². The largest absolute Gasteiger partial charge is 0.368 e. The Labute approximate surface area is 157 Å². The van der Waals surface area contributed by atoms with Crippen molar-refractivity contribution in [1.29, 1.82) is 0 Å². The number of guanidine groups is 1. The SMILES string of the molecule is CCN(CCCNC(=NC)N1CCN(c2ccccc2)CC1)S(C)(=O)=O. The highest BCUT2D eigenvalue weighted by Crippen LogP contribution is 2.15. The molecule has 1 saturated heterocycles. The quantitative estimate of drug-likeness (QED) is 0.434. The Morgan fingerprint density at radius 2 is 1.85 bits per heavy atom. The number of nitrogens with one attached hydrogen (secondary N) is 1. The second kappa shape index (κ2) is 9.78. The van der Waals surface area contributed by atoms with Gasteiger partial charge in [0.05, 0.1) is 6.26 Å². The molecular weight excluding hydrogens is 350 g/mol. The predicted octanol–water partition coefficient (Wildman–Crippen LogP) is 1.06. The second-order valence-corrected chi connectivity index (χ2v) is 8.37. The van der Waals surface area contributed by atoms with E-state index in [1.54, 1.807) is 7.05 Å². The number of nitrogens with zero attached hydrogens (tertiary/aromatic N) is 4. The van der Waals surface area contributed by atoms with Crippen LogP contribution >= 0.6 is 0 Å². The smallest absolute Gasteiger partial charge is 0.211 e. The lowest BCUT2D eigenvalue weighted by Gasteiger charge is -2.37. The van der Waals surface area contributed by atoms with Crippen molar-refractivity contribution in [3.05, 3.63) is 30.3 Å². The summed E-state index contributed by atoms with van der Waals surface area (Å²) < 4.78 is 24.7. The molecule has 1 aliphatic heterocycles. The molecule has 1 fully saturated rings. The molecule has 0 aromatic heterocycles. The zero-order valence-corrected chi connectivity index (χ0v) is 16.9. The van der Waals surface area contributed by atoms with Crippen molar-refractivity contribution in [2.75, 3.05) is 64.0 Å². The van der Waals surface area contributed by atoms with Crippen molar-refractivity contribution in [1.82, 2.24) is 14.5 Å². The molecule has 0 unspecified atom stereocenters. The van der Waals surface area contributed by atoms with Gasteiger partial charge in [-0.15, -0.1) is 0 Å². The van der Waals surface area contributed by atoms with E-state index < -0.39 is 10.0 Å². The van der Waals surface area contributed by atoms with Gasteiger partial charge in [0.15, 0.2) is 5.96 Å². The molecule has 0 saturated carbocycles. The third-order valence-corrected chi connectivity index (χ3v) is 5.98. The summed E-state index contributed by atoms with van der Waals surface area (Å²) in [6, 6.07) is 10.5. The monoisotopic (exact) mass is 381 g/mol. The van der Waals surface area contributed by atoms with Crippen LogP contribution in [0.5, 0.6) is 0 Å². The average molecular weight is 382 g/mol. The summed E-state index contributed by atoms with van der Waals surface area (Å²) in [5.74, 6) is 0.889. The van der Waals surface area contributed by atoms with Gasteiger partial charge in [-0.25, -0.2) is 12.7 Å². The molecule has 7 nitrogen and oxygen atoms in total. The van der Waals surface area contributed by atoms with E-state index in [4.69, 9.17) is 0 Å². The molecule has 8 heteroatoms. The van der Waals surface area contributed by atoms with Crippen LogP contribution in [0, 0.1) is 0 Å². The average Bonchev–Trinajstić information content (AvgIpc) is 2.65. The minimum atomic E-state index is -3.11. The van der Waals surface area contributed by atoms with Crippen LogP contribution < -0.4 is 10.2 Å². The molecule has 1 aromatic rings. The van der Waals surface area contributed by atoms with Gasteiger partial charge in [-0.2, -0.15) is 0 Å². The highest BCUT2D eigenvalue weighted by atomic mass is 32.2. The summed E-state index contributed by atoms with van der Waals surface area (Å²) in [6.07, 6.45) is 2.01. The predicted molar refractivity (Wildman–Crippen MR) is 108 cm³/mol. The standard InChI is InChI=1S/C18H31N5O2S/c1-4-23(26(3,24)25)12-8-11-20-18(19-2)22-15-13-21(14-16-22)17-9-6-5-7-10-17/h5-7,9-10H,4,8,11-16H2,1-3H3,(H,19,20). The number of sulfonamides is 1. The van der Waals surface area contributed by atoms with Crippen LogP contribution in [0.3, 0.4) is 0 Å². The fraction of sp³-hybridized carbons (Fsp3) is 0.611. The highest BCUT2D eigenvalue weighted by Gasteiger charge is 2.20. The number of para-hydroxylation sites is 1. The van der Waals surface area contributed by atoms with Gasteiger partial charge in [0.25, 0.3) is 0 Å². The molecule has 0 atom stereocenters. The fourth-order valence-corrected chi connectivity index (χ4v) is 4.09. The summed E-state index contributed by atoms with van der Waals surface area (Å²) in [7, 11) is -1.32. The molecule has 0 aliphatic carbocycles. The maximum Gasteiger partial charge on any atom is 0.211 e. The first-order chi connectivity index (χ1) is 12.5. The minimum Gasteiger partial charge on any atom is -0.368 e. The van der Waals surface area contributed by atoms with Gasteiger partial charge in [0.2, 0.25) is 10.0 Å². The van der Waals surface area contributed by atoms with Crippen LogP contribution in [0.15, 0.2) is 35.3 Å². The Bertz CT molecular complexity index is 670. The zero-order valence-electron chi connectivity index (χ0n) is 16.1. The molecule has 1 aliphatic rings. The van der Waals surface area contributed by atoms with Gasteiger partial charge in [0.1, 0.15) is 0 Å². The lowest BCUT2D eigenvalue weighted by molar-refractivity contribution is 0.370. The summed E-state index contributed by atoms with van der Waals surface area (Å²) in [6.45, 7) is 7.36. The third kappa shape index (κ3) is 5.88. The third-order valence-electron chi connectivity index (χ3n) is 4.60. The number of piperazine rings is 1. The first kappa shape index (κ1) is 20.5. The first-order valence-corrected chi connectivity index (χ1v) is 11.0. The molecular formula is C18H31N5O2S. The van der Waals surface area contributed by atoms with Gasteiger partial charge in [-0.3, -0.25) is 4.99 Å². The Hall–Kier alpha value is -1.80. The van der Waals surface area contributed by atoms with Crippen molar-refractivity contribution in [3.8, 4) is 0 Å². The van der Waals surface area contributed by atoms with E-state index >= 15 is 0 Å². The van der Waals surface area contributed by atoms with E-state index in [0.717, 1.165) is 38.6 Å². The maximum atomic E-state index is 11.6. The molecule has 0 spiro atoms. The molecule has 1 heterocycles. The zero-order chi connectivity index (χ0) is 19.0. The molecule has 26 heavy (non-hydrogen) atoms. The maximum absolute atomic E-state index is 11.6. The van der Waals surface area contributed by atoms with Gasteiger partial charge in [0, 0.05) is 58.5 Å². The van der Waals surface area contributed by atoms with Gasteiger partial charge in [-0.1, -0.05) is 25.1 Å². The van der Waals surface area contributed by atoms with E-state index in [2.05, 4.69) is 44.4 Å². The van der Waals surface area contributed by atoms with E-state index in [1.165, 1.54) is 16.2 Å². The van der Waals surface area contributed by atoms with Crippen LogP contribution in [0.25, 0.3) is 0 Å². The topological polar surface area (TPSA) is 68.2 Å². The normalized spacial score (nSPS) is 16.2. The Kier molecular flexibility index (Phi) is 7.71. The summed E-state index contributed by atoms with van der Waals surface area (Å²) in [4.78, 5) is 9.02. The van der Waals surface area contributed by atoms with Crippen molar-refractivity contribution in [2.45, 2.75) is 13.3 Å². The minimum absolute atomic E-state index is 0.509. The number of rotatable bonds is 7. The van der Waals surface area contributed by atoms with Crippen LogP contribution in [0.4, 0.5) is 5.69 Å². The molecule has 1 aromatic carbocycles. The molecule has 0 bridgehead atoms. The Balaban J connectivity index is 1.76. The number of aliphatic imine (C=N–C) groups is 1. The van der Waals surface area contributed by atoms with E-state index in [9.17, 15) is 8.42 Å². The van der Waals surface area contributed by atoms with Gasteiger partial charge >= 0.3 is 0 Å². The molecule has 0 amide bonds. The molecule has 1 N–H and O–H groups in total. The second-order valence-electron chi connectivity index (χ2n) is 6.39. The van der Waals surface area contributed by atoms with Gasteiger partial charge in [-0.05, 0) is 18.6 Å². The van der Waals surface area contributed by atoms with Crippen LogP contribution in [-0.4, -0.2) is 82.7 Å². The van der Waals surface area contributed by atoms with E-state index in [-0.39, 0.29) is 0 Å². The van der Waals surface area contributed by atoms with Crippen molar-refractivity contribution < 1.29 is 8.42 Å². The number of hydrogen-bond donors (Lipinski definition) is 1. The lowest BCUT2D eigenvalue weighted by atomic mass is 10.2.